The lowest BCUT2D eigenvalue weighted by atomic mass is 10.1. The van der Waals surface area contributed by atoms with Gasteiger partial charge in [0.1, 0.15) is 11.4 Å². The molecule has 1 aliphatic carbocycles. The van der Waals surface area contributed by atoms with Crippen LogP contribution in [-0.4, -0.2) is 49.0 Å². The van der Waals surface area contributed by atoms with E-state index in [1.165, 1.54) is 19.2 Å². The van der Waals surface area contributed by atoms with E-state index < -0.39 is 23.9 Å². The van der Waals surface area contributed by atoms with Gasteiger partial charge in [-0.2, -0.15) is 0 Å². The zero-order valence-corrected chi connectivity index (χ0v) is 16.3. The summed E-state index contributed by atoms with van der Waals surface area (Å²) in [5.41, 5.74) is -0.0335. The maximum absolute atomic E-state index is 12.7. The summed E-state index contributed by atoms with van der Waals surface area (Å²) in [6.07, 6.45) is -2.82. The summed E-state index contributed by atoms with van der Waals surface area (Å²) in [4.78, 5) is 33.3. The van der Waals surface area contributed by atoms with Crippen LogP contribution in [0.1, 0.15) is 34.9 Å². The summed E-state index contributed by atoms with van der Waals surface area (Å²) < 4.78 is 45.9. The van der Waals surface area contributed by atoms with Crippen LogP contribution in [0.15, 0.2) is 35.1 Å². The van der Waals surface area contributed by atoms with E-state index in [9.17, 15) is 22.8 Å². The van der Waals surface area contributed by atoms with E-state index in [4.69, 9.17) is 4.74 Å². The van der Waals surface area contributed by atoms with Crippen molar-refractivity contribution in [3.8, 4) is 5.75 Å². The number of carbonyl (C=O) groups is 1. The number of nitrogens with zero attached hydrogens (tertiary/aromatic N) is 2. The molecule has 162 valence electrons. The number of ether oxygens (including phenoxy) is 2. The normalized spacial score (nSPS) is 14.8. The number of hydrogen-bond donors (Lipinski definition) is 2. The van der Waals surface area contributed by atoms with Crippen molar-refractivity contribution >= 4 is 11.9 Å². The number of nitrogens with one attached hydrogen (secondary N) is 2. The average Bonchev–Trinajstić information content (AvgIpc) is 3.51. The van der Waals surface area contributed by atoms with E-state index in [2.05, 4.69) is 20.0 Å². The molecule has 2 N–H and O–H groups in total. The molecule has 2 aromatic rings. The number of H-pyrrole nitrogens is 1. The van der Waals surface area contributed by atoms with Gasteiger partial charge in [0.15, 0.2) is 0 Å². The maximum Gasteiger partial charge on any atom is 0.573 e. The summed E-state index contributed by atoms with van der Waals surface area (Å²) in [5, 5.41) is 2.70. The van der Waals surface area contributed by atoms with E-state index in [-0.39, 0.29) is 24.1 Å². The molecule has 1 aromatic heterocycles. The van der Waals surface area contributed by atoms with Crippen molar-refractivity contribution < 1.29 is 27.4 Å². The van der Waals surface area contributed by atoms with E-state index in [1.54, 1.807) is 7.05 Å². The molecule has 1 aliphatic rings. The smallest absolute Gasteiger partial charge is 0.406 e. The standard InChI is InChI=1S/C19H21F3N4O4/c1-26(12-5-6-12)18-24-14(9-16(27)25-18)17(28)23-15(10-29-2)11-3-7-13(8-4-11)30-19(20,21)22/h3-4,7-9,12,15H,5-6,10H2,1-2H3,(H,23,28)(H,24,25,27)/t15-/m1/s1. The number of aromatic nitrogens is 2. The number of benzene rings is 1. The van der Waals surface area contributed by atoms with Gasteiger partial charge in [-0.15, -0.1) is 13.2 Å². The van der Waals surface area contributed by atoms with Gasteiger partial charge in [0.05, 0.1) is 12.6 Å². The topological polar surface area (TPSA) is 96.5 Å². The van der Waals surface area contributed by atoms with Crippen LogP contribution < -0.4 is 20.5 Å². The highest BCUT2D eigenvalue weighted by atomic mass is 19.4. The number of anilines is 1. The molecule has 8 nitrogen and oxygen atoms in total. The molecule has 11 heteroatoms. The fourth-order valence-corrected chi connectivity index (χ4v) is 2.88. The second-order valence-electron chi connectivity index (χ2n) is 6.89. The van der Waals surface area contributed by atoms with E-state index in [1.807, 2.05) is 4.90 Å². The van der Waals surface area contributed by atoms with Crippen LogP contribution in [0.4, 0.5) is 19.1 Å². The Morgan fingerprint density at radius 3 is 2.57 bits per heavy atom. The monoisotopic (exact) mass is 426 g/mol. The van der Waals surface area contributed by atoms with Gasteiger partial charge in [0.2, 0.25) is 5.95 Å². The van der Waals surface area contributed by atoms with E-state index in [0.29, 0.717) is 11.5 Å². The van der Waals surface area contributed by atoms with Crippen molar-refractivity contribution in [3.05, 3.63) is 51.9 Å². The molecule has 1 amide bonds. The molecule has 1 heterocycles. The molecule has 1 fully saturated rings. The number of aromatic amines is 1. The van der Waals surface area contributed by atoms with Crippen LogP contribution in [0.2, 0.25) is 0 Å². The number of rotatable bonds is 8. The summed E-state index contributed by atoms with van der Waals surface area (Å²) >= 11 is 0. The number of alkyl halides is 3. The molecular formula is C19H21F3N4O4. The minimum absolute atomic E-state index is 0.0588. The first-order valence-corrected chi connectivity index (χ1v) is 9.16. The third-order valence-corrected chi connectivity index (χ3v) is 4.55. The first-order valence-electron chi connectivity index (χ1n) is 9.16. The molecule has 1 saturated carbocycles. The van der Waals surface area contributed by atoms with Crippen LogP contribution in [0.5, 0.6) is 5.75 Å². The summed E-state index contributed by atoms with van der Waals surface area (Å²) in [5.74, 6) is -0.686. The highest BCUT2D eigenvalue weighted by Crippen LogP contribution is 2.28. The lowest BCUT2D eigenvalue weighted by Crippen LogP contribution is -2.34. The zero-order valence-electron chi connectivity index (χ0n) is 16.3. The molecule has 3 rings (SSSR count). The molecule has 30 heavy (non-hydrogen) atoms. The molecule has 0 bridgehead atoms. The quantitative estimate of drug-likeness (QED) is 0.673. The fourth-order valence-electron chi connectivity index (χ4n) is 2.88. The average molecular weight is 426 g/mol. The predicted octanol–water partition coefficient (Wildman–Crippen LogP) is 2.38. The fraction of sp³-hybridized carbons (Fsp3) is 0.421. The first-order chi connectivity index (χ1) is 14.2. The van der Waals surface area contributed by atoms with Crippen molar-refractivity contribution in [2.45, 2.75) is 31.3 Å². The molecule has 0 radical (unpaired) electrons. The second kappa shape index (κ2) is 8.74. The molecular weight excluding hydrogens is 405 g/mol. The Labute approximate surface area is 170 Å². The Morgan fingerprint density at radius 1 is 1.33 bits per heavy atom. The van der Waals surface area contributed by atoms with Crippen LogP contribution in [-0.2, 0) is 4.74 Å². The van der Waals surface area contributed by atoms with Crippen molar-refractivity contribution in [3.63, 3.8) is 0 Å². The lowest BCUT2D eigenvalue weighted by molar-refractivity contribution is -0.274. The number of methoxy groups -OCH3 is 1. The van der Waals surface area contributed by atoms with Gasteiger partial charge in [0, 0.05) is 26.3 Å². The van der Waals surface area contributed by atoms with Gasteiger partial charge < -0.3 is 19.7 Å². The van der Waals surface area contributed by atoms with Gasteiger partial charge in [-0.3, -0.25) is 14.6 Å². The SMILES string of the molecule is COC[C@@H](NC(=O)c1cc(=O)[nH]c(N(C)C2CC2)n1)c1ccc(OC(F)(F)F)cc1. The Hall–Kier alpha value is -3.08. The first kappa shape index (κ1) is 21.6. The summed E-state index contributed by atoms with van der Waals surface area (Å²) in [7, 11) is 3.21. The molecule has 1 atom stereocenters. The van der Waals surface area contributed by atoms with E-state index in [0.717, 1.165) is 31.0 Å². The van der Waals surface area contributed by atoms with Gasteiger partial charge in [-0.05, 0) is 30.5 Å². The Morgan fingerprint density at radius 2 is 2.00 bits per heavy atom. The zero-order chi connectivity index (χ0) is 21.9. The number of carbonyl (C=O) groups excluding carboxylic acids is 1. The molecule has 0 aliphatic heterocycles. The molecule has 0 unspecified atom stereocenters. The number of halogens is 3. The van der Waals surface area contributed by atoms with Crippen molar-refractivity contribution in [2.24, 2.45) is 0 Å². The Balaban J connectivity index is 1.76. The van der Waals surface area contributed by atoms with Crippen molar-refractivity contribution in [1.29, 1.82) is 0 Å². The molecule has 1 aromatic carbocycles. The second-order valence-corrected chi connectivity index (χ2v) is 6.89. The lowest BCUT2D eigenvalue weighted by Gasteiger charge is -2.20. The Kier molecular flexibility index (Phi) is 6.30. The highest BCUT2D eigenvalue weighted by Gasteiger charge is 2.31. The van der Waals surface area contributed by atoms with E-state index >= 15 is 0 Å². The van der Waals surface area contributed by atoms with Crippen LogP contribution >= 0.6 is 0 Å². The van der Waals surface area contributed by atoms with Crippen LogP contribution in [0.25, 0.3) is 0 Å². The minimum Gasteiger partial charge on any atom is -0.406 e. The van der Waals surface area contributed by atoms with Crippen LogP contribution in [0, 0.1) is 0 Å². The minimum atomic E-state index is -4.79. The number of hydrogen-bond acceptors (Lipinski definition) is 6. The third kappa shape index (κ3) is 5.72. The van der Waals surface area contributed by atoms with Gasteiger partial charge in [-0.25, -0.2) is 4.98 Å². The van der Waals surface area contributed by atoms with Gasteiger partial charge >= 0.3 is 6.36 Å². The van der Waals surface area contributed by atoms with Gasteiger partial charge in [-0.1, -0.05) is 12.1 Å². The largest absolute Gasteiger partial charge is 0.573 e. The van der Waals surface area contributed by atoms with Crippen molar-refractivity contribution in [1.82, 2.24) is 15.3 Å². The highest BCUT2D eigenvalue weighted by molar-refractivity contribution is 5.92. The predicted molar refractivity (Wildman–Crippen MR) is 101 cm³/mol. The maximum atomic E-state index is 12.7. The van der Waals surface area contributed by atoms with Crippen molar-refractivity contribution in [2.75, 3.05) is 25.7 Å². The van der Waals surface area contributed by atoms with Crippen LogP contribution in [0.3, 0.4) is 0 Å². The Bertz CT molecular complexity index is 942. The number of amides is 1. The molecule has 0 saturated heterocycles. The van der Waals surface area contributed by atoms with Gasteiger partial charge in [0.25, 0.3) is 11.5 Å². The molecule has 0 spiro atoms. The summed E-state index contributed by atoms with van der Waals surface area (Å²) in [6, 6.07) is 5.77. The summed E-state index contributed by atoms with van der Waals surface area (Å²) in [6.45, 7) is 0.0588. The third-order valence-electron chi connectivity index (χ3n) is 4.55.